The van der Waals surface area contributed by atoms with Crippen molar-refractivity contribution in [1.29, 1.82) is 0 Å². The molecule has 1 aromatic rings. The van der Waals surface area contributed by atoms with E-state index in [4.69, 9.17) is 5.73 Å². The maximum Gasteiger partial charge on any atom is 0.126 e. The van der Waals surface area contributed by atoms with E-state index in [1.807, 2.05) is 19.1 Å². The lowest BCUT2D eigenvalue weighted by Gasteiger charge is -2.34. The average Bonchev–Trinajstić information content (AvgIpc) is 2.30. The number of rotatable bonds is 5. The van der Waals surface area contributed by atoms with Gasteiger partial charge in [0.05, 0.1) is 0 Å². The zero-order chi connectivity index (χ0) is 14.0. The van der Waals surface area contributed by atoms with Crippen molar-refractivity contribution in [2.75, 3.05) is 13.1 Å². The van der Waals surface area contributed by atoms with E-state index in [1.54, 1.807) is 6.07 Å². The maximum absolute atomic E-state index is 13.3. The monoisotopic (exact) mass is 264 g/mol. The molecule has 0 spiro atoms. The quantitative estimate of drug-likeness (QED) is 0.858. The normalized spacial score (nSPS) is 23.2. The second-order valence-corrected chi connectivity index (χ2v) is 6.58. The third-order valence-electron chi connectivity index (χ3n) is 4.21. The highest BCUT2D eigenvalue weighted by molar-refractivity contribution is 5.29. The van der Waals surface area contributed by atoms with Crippen LogP contribution in [0.15, 0.2) is 18.2 Å². The molecule has 0 heterocycles. The highest BCUT2D eigenvalue weighted by atomic mass is 19.1. The molecule has 19 heavy (non-hydrogen) atoms. The first-order chi connectivity index (χ1) is 8.88. The van der Waals surface area contributed by atoms with Crippen molar-refractivity contribution >= 4 is 0 Å². The molecule has 1 aliphatic carbocycles. The summed E-state index contributed by atoms with van der Waals surface area (Å²) in [5, 5.41) is 3.53. The number of nitrogens with two attached hydrogens (primary N) is 1. The number of benzene rings is 1. The van der Waals surface area contributed by atoms with Crippen LogP contribution in [0.1, 0.15) is 37.8 Å². The Hall–Kier alpha value is -0.930. The van der Waals surface area contributed by atoms with Crippen LogP contribution in [0.3, 0.4) is 0 Å². The molecule has 0 unspecified atom stereocenters. The molecule has 0 amide bonds. The first-order valence-electron chi connectivity index (χ1n) is 7.11. The van der Waals surface area contributed by atoms with Crippen molar-refractivity contribution in [3.8, 4) is 0 Å². The average molecular weight is 264 g/mol. The molecule has 106 valence electrons. The van der Waals surface area contributed by atoms with Gasteiger partial charge in [0.15, 0.2) is 0 Å². The molecule has 3 heteroatoms. The van der Waals surface area contributed by atoms with Crippen LogP contribution in [0.5, 0.6) is 0 Å². The topological polar surface area (TPSA) is 38.0 Å². The Labute approximate surface area is 115 Å². The van der Waals surface area contributed by atoms with Gasteiger partial charge < -0.3 is 11.1 Å². The number of hydrogen-bond donors (Lipinski definition) is 2. The lowest BCUT2D eigenvalue weighted by atomic mass is 9.80. The minimum atomic E-state index is -0.129. The first-order valence-corrected chi connectivity index (χ1v) is 7.11. The van der Waals surface area contributed by atoms with Gasteiger partial charge in [0.25, 0.3) is 0 Å². The third kappa shape index (κ3) is 3.54. The van der Waals surface area contributed by atoms with Gasteiger partial charge in [0.2, 0.25) is 0 Å². The summed E-state index contributed by atoms with van der Waals surface area (Å²) in [5.41, 5.74) is 7.71. The molecule has 1 aromatic carbocycles. The van der Waals surface area contributed by atoms with Crippen LogP contribution < -0.4 is 11.1 Å². The van der Waals surface area contributed by atoms with Crippen molar-refractivity contribution in [1.82, 2.24) is 5.32 Å². The van der Waals surface area contributed by atoms with Crippen LogP contribution in [-0.4, -0.2) is 19.1 Å². The summed E-state index contributed by atoms with van der Waals surface area (Å²) in [4.78, 5) is 0. The molecule has 0 saturated heterocycles. The van der Waals surface area contributed by atoms with Crippen LogP contribution >= 0.6 is 0 Å². The Morgan fingerprint density at radius 2 is 2.05 bits per heavy atom. The fourth-order valence-corrected chi connectivity index (χ4v) is 2.71. The zero-order valence-corrected chi connectivity index (χ0v) is 12.2. The molecular weight excluding hydrogens is 239 g/mol. The van der Waals surface area contributed by atoms with Crippen molar-refractivity contribution in [2.24, 2.45) is 11.7 Å². The fourth-order valence-electron chi connectivity index (χ4n) is 2.71. The van der Waals surface area contributed by atoms with Gasteiger partial charge in [-0.15, -0.1) is 0 Å². The van der Waals surface area contributed by atoms with Crippen molar-refractivity contribution < 1.29 is 4.39 Å². The Kier molecular flexibility index (Phi) is 4.26. The first kappa shape index (κ1) is 14.5. The molecule has 1 fully saturated rings. The van der Waals surface area contributed by atoms with Gasteiger partial charge in [-0.25, -0.2) is 4.39 Å². The van der Waals surface area contributed by atoms with Crippen molar-refractivity contribution in [3.63, 3.8) is 0 Å². The summed E-state index contributed by atoms with van der Waals surface area (Å²) < 4.78 is 13.3. The van der Waals surface area contributed by atoms with E-state index in [9.17, 15) is 4.39 Å². The minimum Gasteiger partial charge on any atom is -0.328 e. The molecule has 0 radical (unpaired) electrons. The van der Waals surface area contributed by atoms with Crippen LogP contribution in [0.4, 0.5) is 4.39 Å². The van der Waals surface area contributed by atoms with Gasteiger partial charge in [-0.05, 0) is 49.4 Å². The van der Waals surface area contributed by atoms with Crippen LogP contribution in [0, 0.1) is 18.7 Å². The highest BCUT2D eigenvalue weighted by Gasteiger charge is 2.26. The lowest BCUT2D eigenvalue weighted by molar-refractivity contribution is 0.251. The van der Waals surface area contributed by atoms with Gasteiger partial charge in [-0.3, -0.25) is 0 Å². The molecule has 0 aromatic heterocycles. The maximum atomic E-state index is 13.3. The molecule has 0 atom stereocenters. The summed E-state index contributed by atoms with van der Waals surface area (Å²) in [6, 6.07) is 5.83. The van der Waals surface area contributed by atoms with E-state index in [0.717, 1.165) is 37.4 Å². The van der Waals surface area contributed by atoms with Crippen molar-refractivity contribution in [3.05, 3.63) is 35.1 Å². The Morgan fingerprint density at radius 1 is 1.37 bits per heavy atom. The van der Waals surface area contributed by atoms with E-state index in [0.29, 0.717) is 6.04 Å². The predicted octanol–water partition coefficient (Wildman–Crippen LogP) is 2.74. The molecule has 0 bridgehead atoms. The molecule has 2 rings (SSSR count). The smallest absolute Gasteiger partial charge is 0.126 e. The van der Waals surface area contributed by atoms with Gasteiger partial charge in [0, 0.05) is 18.0 Å². The Morgan fingerprint density at radius 3 is 2.63 bits per heavy atom. The van der Waals surface area contributed by atoms with E-state index in [2.05, 4.69) is 19.2 Å². The van der Waals surface area contributed by atoms with Crippen LogP contribution in [0.25, 0.3) is 0 Å². The Bertz CT molecular complexity index is 436. The predicted molar refractivity (Wildman–Crippen MR) is 77.7 cm³/mol. The molecular formula is C16H25FN2. The summed E-state index contributed by atoms with van der Waals surface area (Å²) in [6.07, 6.45) is 2.28. The van der Waals surface area contributed by atoms with Gasteiger partial charge in [0.1, 0.15) is 5.82 Å². The van der Waals surface area contributed by atoms with Gasteiger partial charge in [-0.2, -0.15) is 0 Å². The minimum absolute atomic E-state index is 0.0182. The number of halogens is 1. The summed E-state index contributed by atoms with van der Waals surface area (Å²) in [5.74, 6) is 0.608. The Balaban J connectivity index is 1.88. The molecule has 3 N–H and O–H groups in total. The van der Waals surface area contributed by atoms with Gasteiger partial charge in [-0.1, -0.05) is 26.0 Å². The summed E-state index contributed by atoms with van der Waals surface area (Å²) >= 11 is 0. The summed E-state index contributed by atoms with van der Waals surface area (Å²) in [6.45, 7) is 8.15. The third-order valence-corrected chi connectivity index (χ3v) is 4.21. The second-order valence-electron chi connectivity index (χ2n) is 6.58. The number of hydrogen-bond acceptors (Lipinski definition) is 2. The standard InChI is InChI=1S/C16H25FN2/c1-11-6-13(4-5-15(11)17)16(2,3)10-19-9-12-7-14(18)8-12/h4-6,12,14,19H,7-10,18H2,1-3H3. The van der Waals surface area contributed by atoms with Crippen LogP contribution in [-0.2, 0) is 5.41 Å². The molecule has 1 saturated carbocycles. The summed E-state index contributed by atoms with van der Waals surface area (Å²) in [7, 11) is 0. The number of aryl methyl sites for hydroxylation is 1. The van der Waals surface area contributed by atoms with E-state index in [1.165, 1.54) is 5.56 Å². The molecule has 2 nitrogen and oxygen atoms in total. The lowest BCUT2D eigenvalue weighted by Crippen LogP contribution is -2.43. The van der Waals surface area contributed by atoms with Crippen LogP contribution in [0.2, 0.25) is 0 Å². The van der Waals surface area contributed by atoms with Gasteiger partial charge >= 0.3 is 0 Å². The second kappa shape index (κ2) is 5.59. The fraction of sp³-hybridized carbons (Fsp3) is 0.625. The van der Waals surface area contributed by atoms with E-state index >= 15 is 0 Å². The largest absolute Gasteiger partial charge is 0.328 e. The van der Waals surface area contributed by atoms with E-state index < -0.39 is 0 Å². The van der Waals surface area contributed by atoms with Crippen molar-refractivity contribution in [2.45, 2.75) is 45.1 Å². The zero-order valence-electron chi connectivity index (χ0n) is 12.2. The molecule has 1 aliphatic rings. The molecule has 0 aliphatic heterocycles. The van der Waals surface area contributed by atoms with E-state index in [-0.39, 0.29) is 11.2 Å². The SMILES string of the molecule is Cc1cc(C(C)(C)CNCC2CC(N)C2)ccc1F. The highest BCUT2D eigenvalue weighted by Crippen LogP contribution is 2.26. The number of nitrogens with one attached hydrogen (secondary N) is 1.